The van der Waals surface area contributed by atoms with Crippen molar-refractivity contribution in [2.75, 3.05) is 19.6 Å². The zero-order valence-corrected chi connectivity index (χ0v) is 45.4. The lowest BCUT2D eigenvalue weighted by Gasteiger charge is -2.37. The highest BCUT2D eigenvalue weighted by Crippen LogP contribution is 2.41. The van der Waals surface area contributed by atoms with E-state index < -0.39 is 77.7 Å². The first-order valence-electron chi connectivity index (χ1n) is 26.9. The first kappa shape index (κ1) is 57.3. The molecule has 0 spiro atoms. The average molecular weight is 1060 g/mol. The monoisotopic (exact) mass is 1060 g/mol. The molecule has 1 aliphatic heterocycles. The molecule has 1 fully saturated rings. The van der Waals surface area contributed by atoms with Gasteiger partial charge in [-0.1, -0.05) is 186 Å². The second kappa shape index (κ2) is 27.1. The van der Waals surface area contributed by atoms with Crippen molar-refractivity contribution >= 4 is 41.4 Å². The van der Waals surface area contributed by atoms with Crippen LogP contribution in [0.2, 0.25) is 0 Å². The normalized spacial score (nSPS) is 15.3. The van der Waals surface area contributed by atoms with Crippen molar-refractivity contribution in [1.82, 2.24) is 46.4 Å². The SMILES string of the molecule is CC[C@H](C)[C@H](NC(=O)[C@@H]1CCCN1C(=O)CNC(=O)[C@H](C)NC(=O)[C@H](Cc1cn(C(c2ccccc2)(c2ccccc2)c2ccccc2)cn1)NC(=O)[C@@H](NC(C)=O)C(C)C)C(=O)NCC(c1ccccc1)c1ccccc1. The Morgan fingerprint density at radius 3 is 1.64 bits per heavy atom. The van der Waals surface area contributed by atoms with E-state index in [1.165, 1.54) is 18.7 Å². The summed E-state index contributed by atoms with van der Waals surface area (Å²) in [5, 5.41) is 16.9. The molecule has 0 bridgehead atoms. The van der Waals surface area contributed by atoms with E-state index in [0.29, 0.717) is 31.5 Å². The Balaban J connectivity index is 1.03. The highest BCUT2D eigenvalue weighted by molar-refractivity contribution is 5.96. The average Bonchev–Trinajstić information content (AvgIpc) is 4.17. The van der Waals surface area contributed by atoms with Crippen LogP contribution in [0.25, 0.3) is 0 Å². The number of hydrogen-bond acceptors (Lipinski definition) is 8. The van der Waals surface area contributed by atoms with Gasteiger partial charge in [-0.25, -0.2) is 4.98 Å². The minimum atomic E-state index is -1.27. The molecule has 1 aliphatic rings. The van der Waals surface area contributed by atoms with Gasteiger partial charge in [-0.3, -0.25) is 33.6 Å². The number of nitrogens with one attached hydrogen (secondary N) is 6. The highest BCUT2D eigenvalue weighted by atomic mass is 16.2. The van der Waals surface area contributed by atoms with Gasteiger partial charge in [0, 0.05) is 38.5 Å². The molecule has 408 valence electrons. The van der Waals surface area contributed by atoms with Crippen LogP contribution in [0, 0.1) is 11.8 Å². The summed E-state index contributed by atoms with van der Waals surface area (Å²) in [4.78, 5) is 102. The molecule has 16 heteroatoms. The zero-order valence-electron chi connectivity index (χ0n) is 45.4. The molecular weight excluding hydrogens is 983 g/mol. The molecule has 6 atom stereocenters. The van der Waals surface area contributed by atoms with Crippen LogP contribution < -0.4 is 31.9 Å². The van der Waals surface area contributed by atoms with E-state index >= 15 is 0 Å². The molecule has 78 heavy (non-hydrogen) atoms. The predicted octanol–water partition coefficient (Wildman–Crippen LogP) is 6.00. The van der Waals surface area contributed by atoms with Crippen molar-refractivity contribution in [1.29, 1.82) is 0 Å². The van der Waals surface area contributed by atoms with Gasteiger partial charge < -0.3 is 41.4 Å². The Morgan fingerprint density at radius 2 is 1.14 bits per heavy atom. The summed E-state index contributed by atoms with van der Waals surface area (Å²) in [5.41, 5.74) is 4.48. The molecule has 0 radical (unpaired) electrons. The molecule has 7 rings (SSSR count). The first-order valence-corrected chi connectivity index (χ1v) is 26.9. The van der Waals surface area contributed by atoms with Gasteiger partial charge in [0.2, 0.25) is 41.4 Å². The number of rotatable bonds is 24. The van der Waals surface area contributed by atoms with Gasteiger partial charge >= 0.3 is 0 Å². The molecule has 1 saturated heterocycles. The number of hydrogen-bond donors (Lipinski definition) is 6. The van der Waals surface area contributed by atoms with Crippen molar-refractivity contribution < 1.29 is 33.6 Å². The summed E-state index contributed by atoms with van der Waals surface area (Å²) >= 11 is 0. The molecule has 16 nitrogen and oxygen atoms in total. The van der Waals surface area contributed by atoms with Crippen molar-refractivity contribution in [3.8, 4) is 0 Å². The van der Waals surface area contributed by atoms with Gasteiger partial charge in [-0.2, -0.15) is 0 Å². The van der Waals surface area contributed by atoms with Gasteiger partial charge in [0.15, 0.2) is 0 Å². The Kier molecular flexibility index (Phi) is 19.9. The van der Waals surface area contributed by atoms with E-state index in [9.17, 15) is 33.6 Å². The maximum absolute atomic E-state index is 14.4. The number of nitrogens with zero attached hydrogens (tertiary/aromatic N) is 3. The van der Waals surface area contributed by atoms with Gasteiger partial charge in [0.1, 0.15) is 35.7 Å². The van der Waals surface area contributed by atoms with Crippen LogP contribution in [0.1, 0.15) is 100 Å². The van der Waals surface area contributed by atoms with Crippen LogP contribution in [0.3, 0.4) is 0 Å². The third-order valence-electron chi connectivity index (χ3n) is 14.7. The number of carbonyl (C=O) groups is 7. The lowest BCUT2D eigenvalue weighted by Crippen LogP contribution is -2.58. The molecule has 1 aromatic heterocycles. The third-order valence-corrected chi connectivity index (χ3v) is 14.7. The van der Waals surface area contributed by atoms with Gasteiger partial charge in [0.05, 0.1) is 18.6 Å². The van der Waals surface area contributed by atoms with Crippen LogP contribution in [-0.4, -0.2) is 106 Å². The lowest BCUT2D eigenvalue weighted by molar-refractivity contribution is -0.140. The van der Waals surface area contributed by atoms with Crippen molar-refractivity contribution in [2.24, 2.45) is 11.8 Å². The summed E-state index contributed by atoms with van der Waals surface area (Å²) in [6.07, 6.45) is 4.96. The van der Waals surface area contributed by atoms with E-state index in [-0.39, 0.29) is 36.6 Å². The third kappa shape index (κ3) is 14.0. The maximum atomic E-state index is 14.4. The minimum absolute atomic E-state index is 0.101. The van der Waals surface area contributed by atoms with E-state index in [2.05, 4.69) is 31.9 Å². The van der Waals surface area contributed by atoms with Crippen molar-refractivity contribution in [2.45, 2.75) is 109 Å². The Bertz CT molecular complexity index is 2820. The molecule has 0 unspecified atom stereocenters. The van der Waals surface area contributed by atoms with Crippen molar-refractivity contribution in [3.63, 3.8) is 0 Å². The van der Waals surface area contributed by atoms with Crippen LogP contribution in [0.15, 0.2) is 164 Å². The topological polar surface area (TPSA) is 213 Å². The molecule has 0 aliphatic carbocycles. The van der Waals surface area contributed by atoms with E-state index in [0.717, 1.165) is 27.8 Å². The largest absolute Gasteiger partial charge is 0.353 e. The molecule has 2 heterocycles. The first-order chi connectivity index (χ1) is 37.6. The maximum Gasteiger partial charge on any atom is 0.243 e. The highest BCUT2D eigenvalue weighted by Gasteiger charge is 2.40. The number of benzene rings is 5. The number of likely N-dealkylation sites (tertiary alicyclic amines) is 1. The minimum Gasteiger partial charge on any atom is -0.353 e. The summed E-state index contributed by atoms with van der Waals surface area (Å²) in [6.45, 7) is 10.3. The smallest absolute Gasteiger partial charge is 0.243 e. The molecule has 7 amide bonds. The quantitative estimate of drug-likeness (QED) is 0.0395. The van der Waals surface area contributed by atoms with E-state index in [4.69, 9.17) is 4.98 Å². The molecule has 0 saturated carbocycles. The van der Waals surface area contributed by atoms with Crippen LogP contribution in [0.4, 0.5) is 0 Å². The van der Waals surface area contributed by atoms with E-state index in [1.54, 1.807) is 20.2 Å². The molecule has 6 aromatic rings. The second-order valence-corrected chi connectivity index (χ2v) is 20.5. The second-order valence-electron chi connectivity index (χ2n) is 20.5. The van der Waals surface area contributed by atoms with Crippen LogP contribution in [0.5, 0.6) is 0 Å². The standard InChI is InChI=1S/C62H73N9O7/c1-7-42(4)56(60(77)63-37-51(45-24-13-8-14-25-45)46-26-15-9-16-27-46)69-59(76)53-34-23-35-71(53)54(73)38-64-57(74)43(5)66-58(75)52(68-61(78)55(41(2)3)67-44(6)72)36-50-39-70(40-65-50)62(47-28-17-10-18-29-47,48-30-19-11-20-31-48)49-32-21-12-22-33-49/h8-22,24-33,39-43,51-53,55-56H,7,23,34-38H2,1-6H3,(H,63,77)(H,64,74)(H,66,75)(H,67,72)(H,68,78)(H,69,76)/t42-,43-,52-,53-,55-,56-/m0/s1. The van der Waals surface area contributed by atoms with Crippen LogP contribution in [-0.2, 0) is 45.5 Å². The van der Waals surface area contributed by atoms with Gasteiger partial charge in [-0.15, -0.1) is 0 Å². The van der Waals surface area contributed by atoms with E-state index in [1.807, 2.05) is 176 Å². The number of aromatic nitrogens is 2. The number of amides is 7. The van der Waals surface area contributed by atoms with Crippen molar-refractivity contribution in [3.05, 3.63) is 198 Å². The lowest BCUT2D eigenvalue weighted by atomic mass is 9.77. The Hall–Kier alpha value is -8.40. The molecular formula is C62H73N9O7. The summed E-state index contributed by atoms with van der Waals surface area (Å²) in [6, 6.07) is 44.6. The Morgan fingerprint density at radius 1 is 0.615 bits per heavy atom. The van der Waals surface area contributed by atoms with Gasteiger partial charge in [0.25, 0.3) is 0 Å². The fraction of sp³-hybridized carbons (Fsp3) is 0.355. The fourth-order valence-corrected chi connectivity index (χ4v) is 10.3. The number of carbonyl (C=O) groups excluding carboxylic acids is 7. The van der Waals surface area contributed by atoms with Gasteiger partial charge in [-0.05, 0) is 59.4 Å². The summed E-state index contributed by atoms with van der Waals surface area (Å²) < 4.78 is 1.99. The molecule has 5 aromatic carbocycles. The molecule has 6 N–H and O–H groups in total. The summed E-state index contributed by atoms with van der Waals surface area (Å²) in [7, 11) is 0. The predicted molar refractivity (Wildman–Crippen MR) is 299 cm³/mol. The fourth-order valence-electron chi connectivity index (χ4n) is 10.3. The van der Waals surface area contributed by atoms with Crippen LogP contribution >= 0.6 is 0 Å². The number of imidazole rings is 1. The Labute approximate surface area is 457 Å². The zero-order chi connectivity index (χ0) is 55.8. The summed E-state index contributed by atoms with van der Waals surface area (Å²) in [5.74, 6) is -4.38.